The van der Waals surface area contributed by atoms with E-state index in [4.69, 9.17) is 4.74 Å². The van der Waals surface area contributed by atoms with Crippen LogP contribution in [0.4, 0.5) is 0 Å². The zero-order valence-electron chi connectivity index (χ0n) is 17.4. The topological polar surface area (TPSA) is 98.5 Å². The van der Waals surface area contributed by atoms with Gasteiger partial charge < -0.3 is 20.5 Å². The highest BCUT2D eigenvalue weighted by Gasteiger charge is 2.64. The first-order valence-electron chi connectivity index (χ1n) is 10.7. The van der Waals surface area contributed by atoms with Crippen molar-refractivity contribution < 1.29 is 14.6 Å². The summed E-state index contributed by atoms with van der Waals surface area (Å²) >= 11 is 0. The maximum absolute atomic E-state index is 13.5. The van der Waals surface area contributed by atoms with Gasteiger partial charge in [-0.1, -0.05) is 12.7 Å². The molecule has 1 saturated heterocycles. The number of hydrogen-bond donors (Lipinski definition) is 3. The predicted octanol–water partition coefficient (Wildman–Crippen LogP) is 1.74. The number of amides is 1. The number of aliphatic hydroxyl groups excluding tert-OH is 1. The van der Waals surface area contributed by atoms with Gasteiger partial charge in [0.2, 0.25) is 0 Å². The molecule has 2 atom stereocenters. The van der Waals surface area contributed by atoms with E-state index in [0.29, 0.717) is 25.0 Å². The van der Waals surface area contributed by atoms with Gasteiger partial charge in [-0.3, -0.25) is 9.79 Å². The van der Waals surface area contributed by atoms with Crippen LogP contribution in [0.25, 0.3) is 0 Å². The summed E-state index contributed by atoms with van der Waals surface area (Å²) in [6.07, 6.45) is 7.68. The molecule has 1 amide bonds. The molecule has 2 fully saturated rings. The van der Waals surface area contributed by atoms with Crippen molar-refractivity contribution in [3.8, 4) is 0 Å². The smallest absolute Gasteiger partial charge is 0.272 e. The zero-order valence-corrected chi connectivity index (χ0v) is 17.4. The largest absolute Gasteiger partial charge is 0.511 e. The van der Waals surface area contributed by atoms with Crippen LogP contribution in [0.15, 0.2) is 45.4 Å². The first kappa shape index (κ1) is 20.8. The molecule has 3 N–H and O–H groups in total. The van der Waals surface area contributed by atoms with Gasteiger partial charge in [-0.05, 0) is 50.3 Å². The van der Waals surface area contributed by atoms with Crippen molar-refractivity contribution >= 4 is 19.0 Å². The lowest BCUT2D eigenvalue weighted by atomic mass is 9.70. The lowest BCUT2D eigenvalue weighted by Crippen LogP contribution is -2.44. The number of rotatable bonds is 8. The van der Waals surface area contributed by atoms with Crippen LogP contribution in [-0.4, -0.2) is 68.5 Å². The first-order valence-corrected chi connectivity index (χ1v) is 10.7. The Kier molecular flexibility index (Phi) is 6.06. The number of hydrogen-bond acceptors (Lipinski definition) is 6. The summed E-state index contributed by atoms with van der Waals surface area (Å²) in [5.41, 5.74) is 2.88. The third-order valence-corrected chi connectivity index (χ3v) is 6.75. The molecular formula is C22H31N5O3. The Labute approximate surface area is 177 Å². The lowest BCUT2D eigenvalue weighted by Gasteiger charge is -2.38. The zero-order chi connectivity index (χ0) is 21.1. The van der Waals surface area contributed by atoms with Gasteiger partial charge in [-0.15, -0.1) is 0 Å². The molecule has 162 valence electrons. The fourth-order valence-corrected chi connectivity index (χ4v) is 5.24. The Morgan fingerprint density at radius 2 is 2.27 bits per heavy atom. The summed E-state index contributed by atoms with van der Waals surface area (Å²) in [4.78, 5) is 18.0. The van der Waals surface area contributed by atoms with Crippen molar-refractivity contribution in [1.29, 1.82) is 0 Å². The lowest BCUT2D eigenvalue weighted by molar-refractivity contribution is -0.128. The number of piperidine rings is 1. The Morgan fingerprint density at radius 1 is 1.47 bits per heavy atom. The molecule has 0 bridgehead atoms. The van der Waals surface area contributed by atoms with Crippen molar-refractivity contribution in [2.24, 2.45) is 27.3 Å². The van der Waals surface area contributed by atoms with E-state index in [-0.39, 0.29) is 23.6 Å². The molecule has 30 heavy (non-hydrogen) atoms. The molecule has 2 unspecified atom stereocenters. The van der Waals surface area contributed by atoms with Crippen LogP contribution >= 0.6 is 0 Å². The summed E-state index contributed by atoms with van der Waals surface area (Å²) < 4.78 is 5.33. The summed E-state index contributed by atoms with van der Waals surface area (Å²) in [7, 11) is 0. The maximum Gasteiger partial charge on any atom is 0.272 e. The monoisotopic (exact) mass is 413 g/mol. The van der Waals surface area contributed by atoms with Gasteiger partial charge >= 0.3 is 0 Å². The van der Waals surface area contributed by atoms with Gasteiger partial charge in [0.25, 0.3) is 5.91 Å². The average Bonchev–Trinajstić information content (AvgIpc) is 3.52. The number of allylic oxidation sites excluding steroid dienone is 1. The van der Waals surface area contributed by atoms with Crippen LogP contribution in [0.1, 0.15) is 25.7 Å². The molecule has 2 heterocycles. The van der Waals surface area contributed by atoms with Gasteiger partial charge in [0.05, 0.1) is 26.1 Å². The van der Waals surface area contributed by atoms with Gasteiger partial charge in [-0.2, -0.15) is 5.10 Å². The van der Waals surface area contributed by atoms with Crippen LogP contribution in [0.2, 0.25) is 0 Å². The number of nitrogens with zero attached hydrogens (tertiary/aromatic N) is 3. The summed E-state index contributed by atoms with van der Waals surface area (Å²) in [6.45, 7) is 10.8. The van der Waals surface area contributed by atoms with E-state index >= 15 is 0 Å². The molecule has 0 aromatic heterocycles. The van der Waals surface area contributed by atoms with E-state index in [2.05, 4.69) is 40.1 Å². The quantitative estimate of drug-likeness (QED) is 0.185. The SMILES string of the molecule is C=NN(CC(=C)O)C(=O)C1=C(NC=NCC2=CCOCC2)C2CC2C12CCNCC2. The molecule has 4 rings (SSSR count). The standard InChI is InChI=1S/C22H31N5O3/c1-15(28)13-27(23-2)21(29)19-20(26-14-25-12-16-3-9-30-10-4-16)17-11-18(17)22(19)5-7-24-8-6-22/h3,14,17-18,24,28H,1-2,4-13H2,(H,25,26). The van der Waals surface area contributed by atoms with Crippen LogP contribution in [0.5, 0.6) is 0 Å². The van der Waals surface area contributed by atoms with E-state index < -0.39 is 0 Å². The number of ether oxygens (including phenoxy) is 1. The number of nitrogens with one attached hydrogen (secondary N) is 2. The third-order valence-electron chi connectivity index (χ3n) is 6.75. The molecule has 8 heteroatoms. The molecule has 8 nitrogen and oxygen atoms in total. The van der Waals surface area contributed by atoms with Gasteiger partial charge in [0.1, 0.15) is 12.3 Å². The van der Waals surface area contributed by atoms with E-state index in [9.17, 15) is 9.90 Å². The molecule has 2 aliphatic heterocycles. The van der Waals surface area contributed by atoms with Gasteiger partial charge in [-0.25, -0.2) is 5.01 Å². The highest BCUT2D eigenvalue weighted by Crippen LogP contribution is 2.67. The van der Waals surface area contributed by atoms with Crippen molar-refractivity contribution in [2.45, 2.75) is 25.7 Å². The molecule has 0 aromatic carbocycles. The molecule has 1 saturated carbocycles. The van der Waals surface area contributed by atoms with Crippen LogP contribution < -0.4 is 10.6 Å². The number of aliphatic imine (C=N–C) groups is 1. The van der Waals surface area contributed by atoms with E-state index in [1.54, 1.807) is 6.34 Å². The summed E-state index contributed by atoms with van der Waals surface area (Å²) in [5, 5.41) is 21.5. The second-order valence-electron chi connectivity index (χ2n) is 8.52. The highest BCUT2D eigenvalue weighted by molar-refractivity contribution is 5.97. The first-order chi connectivity index (χ1) is 14.6. The Morgan fingerprint density at radius 3 is 2.93 bits per heavy atom. The summed E-state index contributed by atoms with van der Waals surface area (Å²) in [6, 6.07) is 0. The van der Waals surface area contributed by atoms with Gasteiger partial charge in [0.15, 0.2) is 0 Å². The second-order valence-corrected chi connectivity index (χ2v) is 8.52. The fraction of sp³-hybridized carbons (Fsp3) is 0.591. The third kappa shape index (κ3) is 3.94. The van der Waals surface area contributed by atoms with Crippen molar-refractivity contribution in [3.05, 3.63) is 35.3 Å². The van der Waals surface area contributed by atoms with Crippen molar-refractivity contribution in [1.82, 2.24) is 15.6 Å². The number of carbonyl (C=O) groups excluding carboxylic acids is 1. The van der Waals surface area contributed by atoms with E-state index in [1.807, 2.05) is 0 Å². The number of fused-ring (bicyclic) bond motifs is 2. The van der Waals surface area contributed by atoms with E-state index in [1.165, 1.54) is 10.6 Å². The normalized spacial score (nSPS) is 27.0. The predicted molar refractivity (Wildman–Crippen MR) is 116 cm³/mol. The fourth-order valence-electron chi connectivity index (χ4n) is 5.24. The molecule has 1 spiro atoms. The van der Waals surface area contributed by atoms with Crippen LogP contribution in [0, 0.1) is 17.3 Å². The minimum atomic E-state index is -0.197. The molecule has 4 aliphatic rings. The summed E-state index contributed by atoms with van der Waals surface area (Å²) in [5.74, 6) is 0.536. The highest BCUT2D eigenvalue weighted by atomic mass is 16.5. The second kappa shape index (κ2) is 8.73. The van der Waals surface area contributed by atoms with Crippen molar-refractivity contribution in [2.75, 3.05) is 39.4 Å². The van der Waals surface area contributed by atoms with Crippen molar-refractivity contribution in [3.63, 3.8) is 0 Å². The molecule has 0 aromatic rings. The maximum atomic E-state index is 13.5. The molecular weight excluding hydrogens is 382 g/mol. The number of carbonyl (C=O) groups is 1. The number of hydrazone groups is 1. The Balaban J connectivity index is 1.58. The Hall–Kier alpha value is -2.45. The minimum Gasteiger partial charge on any atom is -0.511 e. The Bertz CT molecular complexity index is 810. The van der Waals surface area contributed by atoms with Crippen LogP contribution in [0.3, 0.4) is 0 Å². The number of aliphatic hydroxyl groups is 1. The minimum absolute atomic E-state index is 0.0485. The van der Waals surface area contributed by atoms with Crippen LogP contribution in [-0.2, 0) is 9.53 Å². The van der Waals surface area contributed by atoms with Gasteiger partial charge in [0, 0.05) is 29.3 Å². The molecule has 2 aliphatic carbocycles. The van der Waals surface area contributed by atoms with E-state index in [0.717, 1.165) is 56.6 Å². The molecule has 0 radical (unpaired) electrons. The average molecular weight is 414 g/mol.